The van der Waals surface area contributed by atoms with Gasteiger partial charge in [-0.25, -0.2) is 0 Å². The third-order valence-corrected chi connectivity index (χ3v) is 3.46. The lowest BCUT2D eigenvalue weighted by Crippen LogP contribution is -2.11. The van der Waals surface area contributed by atoms with Crippen LogP contribution in [-0.4, -0.2) is 0 Å². The van der Waals surface area contributed by atoms with E-state index >= 15 is 0 Å². The van der Waals surface area contributed by atoms with Gasteiger partial charge in [-0.2, -0.15) is 0 Å². The molecule has 0 nitrogen and oxygen atoms in total. The summed E-state index contributed by atoms with van der Waals surface area (Å²) in [6.45, 7) is 0. The van der Waals surface area contributed by atoms with E-state index in [-0.39, 0.29) is 0 Å². The topological polar surface area (TPSA) is 0 Å². The molecule has 68 valence electrons. The molecule has 1 fully saturated rings. The van der Waals surface area contributed by atoms with E-state index in [9.17, 15) is 0 Å². The highest BCUT2D eigenvalue weighted by atomic mass is 14.2. The first-order chi connectivity index (χ1) is 5.97. The van der Waals surface area contributed by atoms with E-state index in [0.717, 1.165) is 5.92 Å². The molecule has 1 atom stereocenters. The van der Waals surface area contributed by atoms with E-state index in [4.69, 9.17) is 0 Å². The molecule has 12 heavy (non-hydrogen) atoms. The summed E-state index contributed by atoms with van der Waals surface area (Å²) in [6, 6.07) is 0. The number of hydrogen-bond acceptors (Lipinski definition) is 0. The van der Waals surface area contributed by atoms with Gasteiger partial charge in [-0.15, -0.1) is 0 Å². The van der Waals surface area contributed by atoms with Crippen molar-refractivity contribution < 1.29 is 0 Å². The second-order valence-electron chi connectivity index (χ2n) is 4.36. The smallest absolute Gasteiger partial charge is 0.0203 e. The zero-order chi connectivity index (χ0) is 8.23. The van der Waals surface area contributed by atoms with Crippen molar-refractivity contribution in [3.05, 3.63) is 11.6 Å². The van der Waals surface area contributed by atoms with E-state index in [2.05, 4.69) is 6.08 Å². The first kappa shape index (κ1) is 8.34. The molecule has 1 unspecified atom stereocenters. The molecule has 2 rings (SSSR count). The van der Waals surface area contributed by atoms with Gasteiger partial charge in [0, 0.05) is 0 Å². The highest BCUT2D eigenvalue weighted by molar-refractivity contribution is 5.09. The van der Waals surface area contributed by atoms with Crippen molar-refractivity contribution in [2.75, 3.05) is 0 Å². The van der Waals surface area contributed by atoms with Crippen LogP contribution >= 0.6 is 0 Å². The van der Waals surface area contributed by atoms with Crippen LogP contribution < -0.4 is 0 Å². The highest BCUT2D eigenvalue weighted by Crippen LogP contribution is 2.34. The Hall–Kier alpha value is -0.260. The fourth-order valence-electron chi connectivity index (χ4n) is 2.71. The molecule has 2 aliphatic rings. The van der Waals surface area contributed by atoms with Crippen molar-refractivity contribution in [3.63, 3.8) is 0 Å². The standard InChI is InChI=1S/C12H20/c1-2-4-8-12-10-6-5-9-11(12)7-3-1/h7,12H,1-6,8-10H2. The highest BCUT2D eigenvalue weighted by Gasteiger charge is 2.18. The van der Waals surface area contributed by atoms with Gasteiger partial charge in [0.15, 0.2) is 0 Å². The Morgan fingerprint density at radius 1 is 0.917 bits per heavy atom. The number of rotatable bonds is 0. The number of fused-ring (bicyclic) bond motifs is 1. The van der Waals surface area contributed by atoms with Gasteiger partial charge in [-0.3, -0.25) is 0 Å². The average molecular weight is 164 g/mol. The zero-order valence-electron chi connectivity index (χ0n) is 8.02. The maximum atomic E-state index is 2.56. The molecule has 0 aromatic carbocycles. The largest absolute Gasteiger partial charge is 0.0851 e. The summed E-state index contributed by atoms with van der Waals surface area (Å²) >= 11 is 0. The van der Waals surface area contributed by atoms with E-state index < -0.39 is 0 Å². The molecular weight excluding hydrogens is 144 g/mol. The van der Waals surface area contributed by atoms with Crippen LogP contribution in [0.15, 0.2) is 11.6 Å². The maximum Gasteiger partial charge on any atom is -0.0203 e. The maximum absolute atomic E-state index is 2.56. The van der Waals surface area contributed by atoms with E-state index in [1.807, 2.05) is 5.57 Å². The molecule has 0 spiro atoms. The van der Waals surface area contributed by atoms with Gasteiger partial charge >= 0.3 is 0 Å². The quantitative estimate of drug-likeness (QED) is 0.473. The Morgan fingerprint density at radius 3 is 2.67 bits per heavy atom. The average Bonchev–Trinajstić information content (AvgIpc) is 2.06. The third-order valence-electron chi connectivity index (χ3n) is 3.46. The van der Waals surface area contributed by atoms with Gasteiger partial charge in [0.1, 0.15) is 0 Å². The van der Waals surface area contributed by atoms with Crippen molar-refractivity contribution >= 4 is 0 Å². The van der Waals surface area contributed by atoms with Crippen molar-refractivity contribution in [3.8, 4) is 0 Å². The summed E-state index contributed by atoms with van der Waals surface area (Å²) < 4.78 is 0. The van der Waals surface area contributed by atoms with Gasteiger partial charge < -0.3 is 0 Å². The second kappa shape index (κ2) is 4.11. The normalized spacial score (nSPS) is 31.3. The zero-order valence-corrected chi connectivity index (χ0v) is 8.02. The lowest BCUT2D eigenvalue weighted by Gasteiger charge is -2.27. The van der Waals surface area contributed by atoms with Crippen molar-refractivity contribution in [2.24, 2.45) is 5.92 Å². The summed E-state index contributed by atoms with van der Waals surface area (Å²) in [6.07, 6.45) is 15.7. The Balaban J connectivity index is 2.03. The molecule has 0 N–H and O–H groups in total. The van der Waals surface area contributed by atoms with Crippen LogP contribution in [0.25, 0.3) is 0 Å². The predicted molar refractivity (Wildman–Crippen MR) is 53.1 cm³/mol. The first-order valence-electron chi connectivity index (χ1n) is 5.66. The first-order valence-corrected chi connectivity index (χ1v) is 5.66. The molecule has 0 heterocycles. The Kier molecular flexibility index (Phi) is 2.86. The van der Waals surface area contributed by atoms with Crippen LogP contribution in [0.5, 0.6) is 0 Å². The van der Waals surface area contributed by atoms with Gasteiger partial charge in [0.05, 0.1) is 0 Å². The molecule has 0 radical (unpaired) electrons. The molecule has 0 aromatic heterocycles. The predicted octanol–water partition coefficient (Wildman–Crippen LogP) is 4.07. The minimum Gasteiger partial charge on any atom is -0.0851 e. The minimum atomic E-state index is 0.999. The van der Waals surface area contributed by atoms with Crippen molar-refractivity contribution in [1.82, 2.24) is 0 Å². The van der Waals surface area contributed by atoms with Crippen molar-refractivity contribution in [2.45, 2.75) is 57.8 Å². The molecule has 0 aliphatic heterocycles. The summed E-state index contributed by atoms with van der Waals surface area (Å²) in [5, 5.41) is 0. The second-order valence-corrected chi connectivity index (χ2v) is 4.36. The van der Waals surface area contributed by atoms with Crippen LogP contribution in [0.3, 0.4) is 0 Å². The SMILES string of the molecule is C1=C2CCCCC2CCCCC1. The fourth-order valence-corrected chi connectivity index (χ4v) is 2.71. The summed E-state index contributed by atoms with van der Waals surface area (Å²) in [5.74, 6) is 0.999. The monoisotopic (exact) mass is 164 g/mol. The third kappa shape index (κ3) is 1.91. The molecule has 0 saturated heterocycles. The van der Waals surface area contributed by atoms with Crippen LogP contribution in [-0.2, 0) is 0 Å². The molecule has 0 heteroatoms. The molecule has 0 amide bonds. The van der Waals surface area contributed by atoms with E-state index in [1.165, 1.54) is 57.8 Å². The molecule has 0 bridgehead atoms. The molecule has 2 aliphatic carbocycles. The van der Waals surface area contributed by atoms with Crippen LogP contribution in [0, 0.1) is 5.92 Å². The Labute approximate surface area is 76.1 Å². The Morgan fingerprint density at radius 2 is 1.75 bits per heavy atom. The van der Waals surface area contributed by atoms with E-state index in [1.54, 1.807) is 0 Å². The van der Waals surface area contributed by atoms with Gasteiger partial charge in [0.2, 0.25) is 0 Å². The summed E-state index contributed by atoms with van der Waals surface area (Å²) in [5.41, 5.74) is 1.82. The Bertz CT molecular complexity index is 167. The van der Waals surface area contributed by atoms with Crippen LogP contribution in [0.1, 0.15) is 57.8 Å². The van der Waals surface area contributed by atoms with Gasteiger partial charge in [0.25, 0.3) is 0 Å². The van der Waals surface area contributed by atoms with Crippen LogP contribution in [0.4, 0.5) is 0 Å². The summed E-state index contributed by atoms with van der Waals surface area (Å²) in [4.78, 5) is 0. The molecule has 1 saturated carbocycles. The lowest BCUT2D eigenvalue weighted by atomic mass is 9.79. The summed E-state index contributed by atoms with van der Waals surface area (Å²) in [7, 11) is 0. The minimum absolute atomic E-state index is 0.999. The number of hydrogen-bond donors (Lipinski definition) is 0. The number of allylic oxidation sites excluding steroid dienone is 2. The van der Waals surface area contributed by atoms with Crippen molar-refractivity contribution in [1.29, 1.82) is 0 Å². The lowest BCUT2D eigenvalue weighted by molar-refractivity contribution is 0.402. The fraction of sp³-hybridized carbons (Fsp3) is 0.833. The van der Waals surface area contributed by atoms with Gasteiger partial charge in [-0.05, 0) is 44.4 Å². The van der Waals surface area contributed by atoms with Crippen LogP contribution in [0.2, 0.25) is 0 Å². The molecular formula is C12H20. The van der Waals surface area contributed by atoms with Gasteiger partial charge in [-0.1, -0.05) is 30.9 Å². The van der Waals surface area contributed by atoms with E-state index in [0.29, 0.717) is 0 Å². The molecule has 0 aromatic rings.